The molecule has 6 aromatic heterocycles. The number of hydrogen-bond donors (Lipinski definition) is 0. The van der Waals surface area contributed by atoms with Crippen LogP contribution in [-0.4, -0.2) is 39.0 Å². The summed E-state index contributed by atoms with van der Waals surface area (Å²) in [6, 6.07) is 173. The van der Waals surface area contributed by atoms with Gasteiger partial charge in [0.05, 0.1) is 22.1 Å². The second kappa shape index (κ2) is 34.6. The van der Waals surface area contributed by atoms with E-state index in [2.05, 4.69) is 422 Å². The first-order chi connectivity index (χ1) is 67.5. The fourth-order valence-corrected chi connectivity index (χ4v) is 22.3. The zero-order valence-corrected chi connectivity index (χ0v) is 75.2. The van der Waals surface area contributed by atoms with Crippen molar-refractivity contribution in [1.82, 2.24) is 39.0 Å². The Morgan fingerprint density at radius 1 is 0.147 bits per heavy atom. The number of nitrogens with zero attached hydrogens (tertiary/aromatic N) is 8. The third-order valence-electron chi connectivity index (χ3n) is 26.2. The van der Waals surface area contributed by atoms with Crippen molar-refractivity contribution in [3.63, 3.8) is 0 Å². The highest BCUT2D eigenvalue weighted by Crippen LogP contribution is 2.53. The summed E-state index contributed by atoms with van der Waals surface area (Å²) >= 11 is 3.70. The summed E-state index contributed by atoms with van der Waals surface area (Å²) in [7, 11) is 0. The van der Waals surface area contributed by atoms with Crippen molar-refractivity contribution in [2.45, 2.75) is 0 Å². The van der Waals surface area contributed by atoms with Gasteiger partial charge >= 0.3 is 0 Å². The van der Waals surface area contributed by atoms with Gasteiger partial charge in [-0.3, -0.25) is 0 Å². The molecule has 0 amide bonds. The molecule has 8 nitrogen and oxygen atoms in total. The van der Waals surface area contributed by atoms with Crippen LogP contribution in [0.5, 0.6) is 0 Å². The van der Waals surface area contributed by atoms with Gasteiger partial charge in [-0.2, -0.15) is 0 Å². The molecule has 0 N–H and O–H groups in total. The molecule has 0 aliphatic heterocycles. The van der Waals surface area contributed by atoms with Crippen LogP contribution >= 0.6 is 22.7 Å². The van der Waals surface area contributed by atoms with Crippen LogP contribution in [-0.2, 0) is 0 Å². The Morgan fingerprint density at radius 2 is 0.449 bits per heavy atom. The van der Waals surface area contributed by atoms with Crippen LogP contribution in [0.25, 0.3) is 253 Å². The molecule has 0 aliphatic rings. The van der Waals surface area contributed by atoms with Crippen molar-refractivity contribution in [2.75, 3.05) is 0 Å². The lowest BCUT2D eigenvalue weighted by molar-refractivity contribution is 1.07. The second-order valence-corrected chi connectivity index (χ2v) is 36.3. The Bertz CT molecular complexity index is 8810. The Balaban J connectivity index is 0.000000145. The maximum atomic E-state index is 5.42. The van der Waals surface area contributed by atoms with Gasteiger partial charge in [-0.05, 0) is 180 Å². The summed E-state index contributed by atoms with van der Waals surface area (Å²) in [6.45, 7) is 0. The fraction of sp³-hybridized carbons (Fsp3) is 0. The topological polar surface area (TPSA) is 87.2 Å². The standard InChI is InChI=1S/2C63H40N4S/c1-6-20-41(21-7-1)47-31-18-32-48(42-22-8-2-9-23-42)57(47)45-36-37-49(52(40-45)63-65-61(43-24-10-3-11-25-43)64-62(66-63)44-26-12-4-13-27-44)50-33-19-35-55-59(50)60-56(68-55)39-38-54-58(60)51-30-16-17-34-53(51)67(54)46-28-14-5-15-29-46;1-6-19-41(20-7-1)49-30-18-31-50(42-21-8-2-9-22-42)58(49)46-33-35-48(52(40-46)63-65-61(43-23-10-3-11-24-43)64-62(66-63)44-25-12-4-13-26-44)45-34-37-56-53(39-45)60-57(68-56)38-36-55-59(60)51-29-16-17-32-54(51)67(55)47-27-14-5-15-28-47/h2*1-40H. The lowest BCUT2D eigenvalue weighted by atomic mass is 9.85. The predicted molar refractivity (Wildman–Crippen MR) is 570 cm³/mol. The molecular weight excluding hydrogens is 1690 g/mol. The number of rotatable bonds is 16. The minimum Gasteiger partial charge on any atom is -0.309 e. The van der Waals surface area contributed by atoms with Gasteiger partial charge in [-0.25, -0.2) is 29.9 Å². The van der Waals surface area contributed by atoms with Crippen molar-refractivity contribution >= 4 is 107 Å². The molecular formula is C126H80N8S2. The maximum Gasteiger partial charge on any atom is 0.164 e. The summed E-state index contributed by atoms with van der Waals surface area (Å²) in [5, 5.41) is 9.96. The van der Waals surface area contributed by atoms with Crippen molar-refractivity contribution in [1.29, 1.82) is 0 Å². The van der Waals surface area contributed by atoms with E-state index in [-0.39, 0.29) is 0 Å². The van der Waals surface area contributed by atoms with Crippen molar-refractivity contribution in [2.24, 2.45) is 0 Å². The Hall–Kier alpha value is -17.5. The summed E-state index contributed by atoms with van der Waals surface area (Å²) in [4.78, 5) is 31.8. The molecule has 0 bridgehead atoms. The van der Waals surface area contributed by atoms with E-state index in [1.54, 1.807) is 0 Å². The molecule has 0 unspecified atom stereocenters. The van der Waals surface area contributed by atoms with Crippen LogP contribution in [0, 0.1) is 0 Å². The molecule has 0 radical (unpaired) electrons. The molecule has 0 spiro atoms. The molecule has 10 heteroatoms. The number of hydrogen-bond acceptors (Lipinski definition) is 8. The number of thiophene rings is 2. The molecule has 26 rings (SSSR count). The average molecular weight is 1770 g/mol. The van der Waals surface area contributed by atoms with E-state index in [0.29, 0.717) is 34.9 Å². The van der Waals surface area contributed by atoms with E-state index in [4.69, 9.17) is 29.9 Å². The van der Waals surface area contributed by atoms with Gasteiger partial charge in [0.15, 0.2) is 34.9 Å². The molecule has 136 heavy (non-hydrogen) atoms. The van der Waals surface area contributed by atoms with Gasteiger partial charge in [0.2, 0.25) is 0 Å². The third-order valence-corrected chi connectivity index (χ3v) is 28.4. The van der Waals surface area contributed by atoms with Crippen LogP contribution in [0.3, 0.4) is 0 Å². The van der Waals surface area contributed by atoms with E-state index in [1.807, 2.05) is 95.5 Å². The van der Waals surface area contributed by atoms with E-state index < -0.39 is 0 Å². The zero-order chi connectivity index (χ0) is 89.9. The largest absolute Gasteiger partial charge is 0.309 e. The number of fused-ring (bicyclic) bond motifs is 14. The fourth-order valence-electron chi connectivity index (χ4n) is 20.1. The summed E-state index contributed by atoms with van der Waals surface area (Å²) in [5.41, 5.74) is 30.5. The molecule has 26 aromatic rings. The lowest BCUT2D eigenvalue weighted by Gasteiger charge is -2.19. The second-order valence-electron chi connectivity index (χ2n) is 34.2. The van der Waals surface area contributed by atoms with Gasteiger partial charge in [0.25, 0.3) is 0 Å². The first-order valence-corrected chi connectivity index (χ1v) is 47.5. The average Bonchev–Trinajstić information content (AvgIpc) is 1.45. The third kappa shape index (κ3) is 14.5. The monoisotopic (exact) mass is 1770 g/mol. The molecule has 636 valence electrons. The highest BCUT2D eigenvalue weighted by molar-refractivity contribution is 7.26. The Morgan fingerprint density at radius 3 is 0.860 bits per heavy atom. The molecule has 0 fully saturated rings. The first kappa shape index (κ1) is 80.5. The van der Waals surface area contributed by atoms with E-state index in [0.717, 1.165) is 134 Å². The van der Waals surface area contributed by atoms with Crippen LogP contribution in [0.2, 0.25) is 0 Å². The summed E-state index contributed by atoms with van der Waals surface area (Å²) < 4.78 is 9.79. The lowest BCUT2D eigenvalue weighted by Crippen LogP contribution is -2.01. The van der Waals surface area contributed by atoms with Gasteiger partial charge in [-0.15, -0.1) is 22.7 Å². The quantitative estimate of drug-likeness (QED) is 0.0958. The molecule has 0 saturated carbocycles. The van der Waals surface area contributed by atoms with E-state index >= 15 is 0 Å². The van der Waals surface area contributed by atoms with Gasteiger partial charge < -0.3 is 9.13 Å². The molecule has 0 atom stereocenters. The maximum absolute atomic E-state index is 5.42. The Kier molecular flexibility index (Phi) is 20.5. The molecule has 0 saturated heterocycles. The van der Waals surface area contributed by atoms with Crippen LogP contribution in [0.4, 0.5) is 0 Å². The first-order valence-electron chi connectivity index (χ1n) is 45.9. The number of aromatic nitrogens is 8. The molecule has 20 aromatic carbocycles. The molecule has 0 aliphatic carbocycles. The smallest absolute Gasteiger partial charge is 0.164 e. The van der Waals surface area contributed by atoms with Crippen molar-refractivity contribution in [3.05, 3.63) is 485 Å². The van der Waals surface area contributed by atoms with Gasteiger partial charge in [0.1, 0.15) is 0 Å². The molecule has 6 heterocycles. The number of para-hydroxylation sites is 4. The van der Waals surface area contributed by atoms with Crippen LogP contribution in [0.15, 0.2) is 485 Å². The SMILES string of the molecule is c1ccc(-c2nc(-c3ccccc3)nc(-c3cc(-c4c(-c5ccccc5)cccc4-c4ccccc4)ccc3-c3ccc4sc5ccc6c(c7ccccc7n6-c6ccccc6)c5c4c3)n2)cc1.c1ccc(-c2nc(-c3ccccc3)nc(-c3cc(-c4c(-c5ccccc5)cccc4-c4ccccc4)ccc3-c3cccc4sc5ccc6c(c7ccccc7n6-c6ccccc6)c5c34)n2)cc1. The summed E-state index contributed by atoms with van der Waals surface area (Å²) in [6.07, 6.45) is 0. The van der Waals surface area contributed by atoms with E-state index in [1.165, 1.54) is 84.0 Å². The highest BCUT2D eigenvalue weighted by atomic mass is 32.1. The normalized spacial score (nSPS) is 11.5. The number of benzene rings is 20. The predicted octanol–water partition coefficient (Wildman–Crippen LogP) is 34.0. The van der Waals surface area contributed by atoms with Crippen molar-refractivity contribution < 1.29 is 0 Å². The zero-order valence-electron chi connectivity index (χ0n) is 73.6. The Labute approximate surface area is 793 Å². The van der Waals surface area contributed by atoms with Crippen LogP contribution < -0.4 is 0 Å². The van der Waals surface area contributed by atoms with Gasteiger partial charge in [0, 0.05) is 107 Å². The van der Waals surface area contributed by atoms with Crippen molar-refractivity contribution in [3.8, 4) is 169 Å². The van der Waals surface area contributed by atoms with E-state index in [9.17, 15) is 0 Å². The highest BCUT2D eigenvalue weighted by Gasteiger charge is 2.28. The summed E-state index contributed by atoms with van der Waals surface area (Å²) in [5.74, 6) is 3.70. The van der Waals surface area contributed by atoms with Gasteiger partial charge in [-0.1, -0.05) is 394 Å². The minimum absolute atomic E-state index is 0.607. The van der Waals surface area contributed by atoms with Crippen LogP contribution in [0.1, 0.15) is 0 Å². The minimum atomic E-state index is 0.607.